The van der Waals surface area contributed by atoms with Gasteiger partial charge in [-0.1, -0.05) is 44.2 Å². The molecule has 0 heterocycles. The first-order valence-electron chi connectivity index (χ1n) is 5.92. The Balaban J connectivity index is 2.78. The molecule has 1 rings (SSSR count). The number of carbonyl (C=O) groups excluding carboxylic acids is 1. The molecule has 2 nitrogen and oxygen atoms in total. The summed E-state index contributed by atoms with van der Waals surface area (Å²) in [6, 6.07) is 10.2. The molecule has 0 saturated heterocycles. The number of esters is 1. The molecule has 0 bridgehead atoms. The summed E-state index contributed by atoms with van der Waals surface area (Å²) in [5, 5.41) is 0. The van der Waals surface area contributed by atoms with Crippen molar-refractivity contribution in [1.82, 2.24) is 0 Å². The van der Waals surface area contributed by atoms with Crippen LogP contribution in [0.3, 0.4) is 0 Å². The first-order chi connectivity index (χ1) is 7.70. The highest BCUT2D eigenvalue weighted by Crippen LogP contribution is 2.28. The molecule has 0 spiro atoms. The van der Waals surface area contributed by atoms with E-state index in [-0.39, 0.29) is 17.8 Å². The third-order valence-electron chi connectivity index (χ3n) is 2.93. The lowest BCUT2D eigenvalue weighted by Crippen LogP contribution is -2.21. The molecule has 0 amide bonds. The Morgan fingerprint density at radius 1 is 1.25 bits per heavy atom. The Morgan fingerprint density at radius 2 is 1.88 bits per heavy atom. The van der Waals surface area contributed by atoms with Gasteiger partial charge in [0.1, 0.15) is 0 Å². The van der Waals surface area contributed by atoms with Crippen LogP contribution in [0.4, 0.5) is 0 Å². The number of benzene rings is 1. The fourth-order valence-corrected chi connectivity index (χ4v) is 2.02. The Kier molecular flexibility index (Phi) is 5.03. The van der Waals surface area contributed by atoms with Gasteiger partial charge in [-0.2, -0.15) is 0 Å². The predicted octanol–water partition coefficient (Wildman–Crippen LogP) is 3.38. The van der Waals surface area contributed by atoms with Crippen molar-refractivity contribution < 1.29 is 9.53 Å². The SMILES string of the molecule is CCOC(=O)C(C)C(CC)c1ccccc1. The van der Waals surface area contributed by atoms with E-state index >= 15 is 0 Å². The largest absolute Gasteiger partial charge is 0.466 e. The smallest absolute Gasteiger partial charge is 0.309 e. The second-order valence-corrected chi connectivity index (χ2v) is 3.97. The lowest BCUT2D eigenvalue weighted by atomic mass is 9.85. The van der Waals surface area contributed by atoms with Gasteiger partial charge in [0.2, 0.25) is 0 Å². The Bertz CT molecular complexity index is 319. The average Bonchev–Trinajstić information content (AvgIpc) is 2.31. The second kappa shape index (κ2) is 6.31. The van der Waals surface area contributed by atoms with Crippen LogP contribution in [0.2, 0.25) is 0 Å². The Morgan fingerprint density at radius 3 is 2.38 bits per heavy atom. The highest BCUT2D eigenvalue weighted by atomic mass is 16.5. The maximum Gasteiger partial charge on any atom is 0.309 e. The van der Waals surface area contributed by atoms with Crippen molar-refractivity contribution in [2.24, 2.45) is 5.92 Å². The molecule has 1 aromatic carbocycles. The first kappa shape index (κ1) is 12.8. The minimum Gasteiger partial charge on any atom is -0.466 e. The second-order valence-electron chi connectivity index (χ2n) is 3.97. The van der Waals surface area contributed by atoms with Crippen molar-refractivity contribution in [3.05, 3.63) is 35.9 Å². The molecule has 88 valence electrons. The van der Waals surface area contributed by atoms with E-state index in [9.17, 15) is 4.79 Å². The van der Waals surface area contributed by atoms with E-state index < -0.39 is 0 Å². The van der Waals surface area contributed by atoms with E-state index in [1.54, 1.807) is 0 Å². The number of ether oxygens (including phenoxy) is 1. The standard InChI is InChI=1S/C14H20O2/c1-4-13(11(3)14(15)16-5-2)12-9-7-6-8-10-12/h6-11,13H,4-5H2,1-3H3. The maximum atomic E-state index is 11.7. The zero-order valence-electron chi connectivity index (χ0n) is 10.3. The summed E-state index contributed by atoms with van der Waals surface area (Å²) in [5.41, 5.74) is 1.21. The number of hydrogen-bond donors (Lipinski definition) is 0. The van der Waals surface area contributed by atoms with Gasteiger partial charge >= 0.3 is 5.97 Å². The third-order valence-corrected chi connectivity index (χ3v) is 2.93. The van der Waals surface area contributed by atoms with Gasteiger partial charge in [-0.15, -0.1) is 0 Å². The van der Waals surface area contributed by atoms with Crippen molar-refractivity contribution in [1.29, 1.82) is 0 Å². The van der Waals surface area contributed by atoms with Crippen molar-refractivity contribution in [3.63, 3.8) is 0 Å². The van der Waals surface area contributed by atoms with Crippen molar-refractivity contribution in [2.45, 2.75) is 33.1 Å². The van der Waals surface area contributed by atoms with Crippen molar-refractivity contribution in [3.8, 4) is 0 Å². The Labute approximate surface area is 97.6 Å². The average molecular weight is 220 g/mol. The zero-order valence-corrected chi connectivity index (χ0v) is 10.3. The molecule has 0 aliphatic rings. The van der Waals surface area contributed by atoms with Crippen LogP contribution in [0.15, 0.2) is 30.3 Å². The maximum absolute atomic E-state index is 11.7. The summed E-state index contributed by atoms with van der Waals surface area (Å²) in [4.78, 5) is 11.7. The fourth-order valence-electron chi connectivity index (χ4n) is 2.02. The lowest BCUT2D eigenvalue weighted by Gasteiger charge is -2.21. The van der Waals surface area contributed by atoms with Gasteiger partial charge in [-0.25, -0.2) is 0 Å². The van der Waals surface area contributed by atoms with Crippen LogP contribution < -0.4 is 0 Å². The minimum absolute atomic E-state index is 0.0765. The summed E-state index contributed by atoms with van der Waals surface area (Å²) in [5.74, 6) is 0.0748. The monoisotopic (exact) mass is 220 g/mol. The molecule has 2 atom stereocenters. The molecule has 0 radical (unpaired) electrons. The fraction of sp³-hybridized carbons (Fsp3) is 0.500. The van der Waals surface area contributed by atoms with Crippen LogP contribution in [-0.2, 0) is 9.53 Å². The molecule has 0 aliphatic heterocycles. The van der Waals surface area contributed by atoms with E-state index in [1.807, 2.05) is 32.0 Å². The minimum atomic E-state index is -0.0989. The van der Waals surface area contributed by atoms with Gasteiger partial charge in [0.05, 0.1) is 12.5 Å². The van der Waals surface area contributed by atoms with Gasteiger partial charge in [0.15, 0.2) is 0 Å². The number of rotatable bonds is 5. The van der Waals surface area contributed by atoms with E-state index in [0.29, 0.717) is 6.61 Å². The Hall–Kier alpha value is -1.31. The van der Waals surface area contributed by atoms with Gasteiger partial charge in [0.25, 0.3) is 0 Å². The predicted molar refractivity (Wildman–Crippen MR) is 65.3 cm³/mol. The molecule has 0 N–H and O–H groups in total. The number of carbonyl (C=O) groups is 1. The van der Waals surface area contributed by atoms with Crippen LogP contribution in [0, 0.1) is 5.92 Å². The molecule has 1 aromatic rings. The summed E-state index contributed by atoms with van der Waals surface area (Å²) in [6.45, 7) is 6.34. The van der Waals surface area contributed by atoms with Crippen LogP contribution in [0.25, 0.3) is 0 Å². The zero-order chi connectivity index (χ0) is 12.0. The molecule has 2 unspecified atom stereocenters. The topological polar surface area (TPSA) is 26.3 Å². The highest BCUT2D eigenvalue weighted by molar-refractivity contribution is 5.73. The quantitative estimate of drug-likeness (QED) is 0.711. The molecule has 0 aromatic heterocycles. The molecule has 0 fully saturated rings. The lowest BCUT2D eigenvalue weighted by molar-refractivity contribution is -0.148. The molecule has 2 heteroatoms. The summed E-state index contributed by atoms with van der Waals surface area (Å²) >= 11 is 0. The van der Waals surface area contributed by atoms with Crippen LogP contribution >= 0.6 is 0 Å². The van der Waals surface area contributed by atoms with Crippen LogP contribution in [0.5, 0.6) is 0 Å². The number of hydrogen-bond acceptors (Lipinski definition) is 2. The van der Waals surface area contributed by atoms with Gasteiger partial charge < -0.3 is 4.74 Å². The highest BCUT2D eigenvalue weighted by Gasteiger charge is 2.24. The van der Waals surface area contributed by atoms with E-state index in [2.05, 4.69) is 19.1 Å². The first-order valence-corrected chi connectivity index (χ1v) is 5.92. The molecular formula is C14H20O2. The normalized spacial score (nSPS) is 14.2. The summed E-state index contributed by atoms with van der Waals surface area (Å²) < 4.78 is 5.07. The summed E-state index contributed by atoms with van der Waals surface area (Å²) in [7, 11) is 0. The molecule has 0 saturated carbocycles. The van der Waals surface area contributed by atoms with E-state index in [4.69, 9.17) is 4.74 Å². The van der Waals surface area contributed by atoms with Crippen molar-refractivity contribution in [2.75, 3.05) is 6.61 Å². The van der Waals surface area contributed by atoms with E-state index in [1.165, 1.54) is 5.56 Å². The molecule has 16 heavy (non-hydrogen) atoms. The third kappa shape index (κ3) is 3.09. The molecule has 0 aliphatic carbocycles. The van der Waals surface area contributed by atoms with Crippen LogP contribution in [-0.4, -0.2) is 12.6 Å². The van der Waals surface area contributed by atoms with Crippen molar-refractivity contribution >= 4 is 5.97 Å². The van der Waals surface area contributed by atoms with Gasteiger partial charge in [-0.3, -0.25) is 4.79 Å². The van der Waals surface area contributed by atoms with Gasteiger partial charge in [0, 0.05) is 0 Å². The molecular weight excluding hydrogens is 200 g/mol. The van der Waals surface area contributed by atoms with Gasteiger partial charge in [-0.05, 0) is 24.8 Å². The van der Waals surface area contributed by atoms with E-state index in [0.717, 1.165) is 6.42 Å². The summed E-state index contributed by atoms with van der Waals surface area (Å²) in [6.07, 6.45) is 0.948. The van der Waals surface area contributed by atoms with Crippen LogP contribution in [0.1, 0.15) is 38.7 Å².